The summed E-state index contributed by atoms with van der Waals surface area (Å²) >= 11 is 0. The lowest BCUT2D eigenvalue weighted by Gasteiger charge is -2.52. The number of ketones is 1. The quantitative estimate of drug-likeness (QED) is 0.741. The van der Waals surface area contributed by atoms with E-state index in [2.05, 4.69) is 26.0 Å². The van der Waals surface area contributed by atoms with Crippen molar-refractivity contribution in [1.82, 2.24) is 0 Å². The number of hydrogen-bond acceptors (Lipinski definition) is 2. The third-order valence-electron chi connectivity index (χ3n) is 4.56. The van der Waals surface area contributed by atoms with Crippen LogP contribution in [0.5, 0.6) is 5.75 Å². The number of hydrogen-bond donors (Lipinski definition) is 0. The SMILES string of the molecule is COc1ccc2c(c1)C1C(CC2)C(=O)C1(C)C. The predicted octanol–water partition coefficient (Wildman–Crippen LogP) is 2.95. The number of ether oxygens (including phenoxy) is 1. The summed E-state index contributed by atoms with van der Waals surface area (Å²) in [5.41, 5.74) is 2.55. The number of carbonyl (C=O) groups is 1. The first-order valence-corrected chi connectivity index (χ1v) is 6.27. The molecule has 0 aromatic heterocycles. The molecule has 0 radical (unpaired) electrons. The van der Waals surface area contributed by atoms with Gasteiger partial charge in [-0.1, -0.05) is 19.9 Å². The van der Waals surface area contributed by atoms with E-state index in [1.165, 1.54) is 11.1 Å². The third-order valence-corrected chi connectivity index (χ3v) is 4.56. The Morgan fingerprint density at radius 3 is 2.82 bits per heavy atom. The second kappa shape index (κ2) is 3.34. The summed E-state index contributed by atoms with van der Waals surface area (Å²) in [5.74, 6) is 1.99. The Balaban J connectivity index is 2.08. The minimum atomic E-state index is -0.188. The number of methoxy groups -OCH3 is 1. The smallest absolute Gasteiger partial charge is 0.142 e. The molecule has 2 atom stereocenters. The number of rotatable bonds is 1. The highest BCUT2D eigenvalue weighted by Crippen LogP contribution is 2.58. The van der Waals surface area contributed by atoms with Gasteiger partial charge in [-0.25, -0.2) is 0 Å². The first-order valence-electron chi connectivity index (χ1n) is 6.27. The molecule has 0 N–H and O–H groups in total. The highest BCUT2D eigenvalue weighted by Gasteiger charge is 2.57. The Morgan fingerprint density at radius 2 is 2.12 bits per heavy atom. The zero-order chi connectivity index (χ0) is 12.2. The van der Waals surface area contributed by atoms with E-state index in [0.717, 1.165) is 18.6 Å². The highest BCUT2D eigenvalue weighted by atomic mass is 16.5. The van der Waals surface area contributed by atoms with Crippen LogP contribution in [-0.4, -0.2) is 12.9 Å². The fraction of sp³-hybridized carbons (Fsp3) is 0.533. The van der Waals surface area contributed by atoms with Gasteiger partial charge >= 0.3 is 0 Å². The minimum absolute atomic E-state index is 0.188. The number of Topliss-reactive ketones (excluding diaryl/α,β-unsaturated/α-hetero) is 1. The molecule has 2 aliphatic carbocycles. The van der Waals surface area contributed by atoms with Crippen LogP contribution in [0.3, 0.4) is 0 Å². The summed E-state index contributed by atoms with van der Waals surface area (Å²) in [4.78, 5) is 12.1. The lowest BCUT2D eigenvalue weighted by Crippen LogP contribution is -2.54. The van der Waals surface area contributed by atoms with Crippen molar-refractivity contribution >= 4 is 5.78 Å². The van der Waals surface area contributed by atoms with Crippen molar-refractivity contribution in [2.75, 3.05) is 7.11 Å². The summed E-state index contributed by atoms with van der Waals surface area (Å²) in [7, 11) is 1.69. The second-order valence-electron chi connectivity index (χ2n) is 5.77. The highest BCUT2D eigenvalue weighted by molar-refractivity contribution is 5.95. The number of fused-ring (bicyclic) bond motifs is 3. The average Bonchev–Trinajstić information content (AvgIpc) is 2.35. The van der Waals surface area contributed by atoms with E-state index in [-0.39, 0.29) is 11.3 Å². The van der Waals surface area contributed by atoms with Crippen LogP contribution in [0, 0.1) is 11.3 Å². The Morgan fingerprint density at radius 1 is 1.35 bits per heavy atom. The van der Waals surface area contributed by atoms with E-state index < -0.39 is 0 Å². The molecule has 0 spiro atoms. The topological polar surface area (TPSA) is 26.3 Å². The monoisotopic (exact) mass is 230 g/mol. The van der Waals surface area contributed by atoms with Crippen LogP contribution in [0.15, 0.2) is 18.2 Å². The van der Waals surface area contributed by atoms with Crippen LogP contribution in [0.4, 0.5) is 0 Å². The van der Waals surface area contributed by atoms with Gasteiger partial charge in [-0.3, -0.25) is 4.79 Å². The second-order valence-corrected chi connectivity index (χ2v) is 5.77. The van der Waals surface area contributed by atoms with E-state index in [1.54, 1.807) is 7.11 Å². The Kier molecular flexibility index (Phi) is 2.13. The molecule has 1 aromatic rings. The molecule has 0 aliphatic heterocycles. The Labute approximate surface area is 102 Å². The number of benzene rings is 1. The summed E-state index contributed by atoms with van der Waals surface area (Å²) in [6.45, 7) is 4.15. The lowest BCUT2D eigenvalue weighted by atomic mass is 9.49. The minimum Gasteiger partial charge on any atom is -0.497 e. The summed E-state index contributed by atoms with van der Waals surface area (Å²) < 4.78 is 5.30. The number of carbonyl (C=O) groups excluding carboxylic acids is 1. The van der Waals surface area contributed by atoms with Gasteiger partial charge in [0.15, 0.2) is 0 Å². The zero-order valence-electron chi connectivity index (χ0n) is 10.6. The van der Waals surface area contributed by atoms with Gasteiger partial charge in [-0.15, -0.1) is 0 Å². The molecule has 0 bridgehead atoms. The average molecular weight is 230 g/mol. The molecule has 3 rings (SSSR count). The van der Waals surface area contributed by atoms with Crippen LogP contribution in [0.25, 0.3) is 0 Å². The van der Waals surface area contributed by atoms with Crippen molar-refractivity contribution in [3.63, 3.8) is 0 Å². The fourth-order valence-corrected chi connectivity index (χ4v) is 3.62. The van der Waals surface area contributed by atoms with E-state index in [0.29, 0.717) is 11.7 Å². The molecule has 2 nitrogen and oxygen atoms in total. The standard InChI is InChI=1S/C15H18O2/c1-15(2)13-11(14(15)16)7-5-9-4-6-10(17-3)8-12(9)13/h4,6,8,11,13H,5,7H2,1-3H3. The van der Waals surface area contributed by atoms with Crippen LogP contribution >= 0.6 is 0 Å². The van der Waals surface area contributed by atoms with Crippen LogP contribution in [-0.2, 0) is 11.2 Å². The van der Waals surface area contributed by atoms with Crippen molar-refractivity contribution in [2.45, 2.75) is 32.6 Å². The van der Waals surface area contributed by atoms with Gasteiger partial charge in [0.05, 0.1) is 7.11 Å². The molecule has 0 amide bonds. The fourth-order valence-electron chi connectivity index (χ4n) is 3.62. The molecular formula is C15H18O2. The molecule has 2 heteroatoms. The zero-order valence-corrected chi connectivity index (χ0v) is 10.6. The maximum Gasteiger partial charge on any atom is 0.142 e. The number of aryl methyl sites for hydroxylation is 1. The van der Waals surface area contributed by atoms with Crippen molar-refractivity contribution in [2.24, 2.45) is 11.3 Å². The maximum absolute atomic E-state index is 12.1. The van der Waals surface area contributed by atoms with Gasteiger partial charge in [-0.05, 0) is 36.1 Å². The van der Waals surface area contributed by atoms with Crippen LogP contribution < -0.4 is 4.74 Å². The van der Waals surface area contributed by atoms with Crippen molar-refractivity contribution in [1.29, 1.82) is 0 Å². The maximum atomic E-state index is 12.1. The normalized spacial score (nSPS) is 29.0. The first-order chi connectivity index (χ1) is 8.05. The predicted molar refractivity (Wildman–Crippen MR) is 66.3 cm³/mol. The molecule has 0 heterocycles. The lowest BCUT2D eigenvalue weighted by molar-refractivity contribution is -0.147. The molecule has 0 saturated heterocycles. The largest absolute Gasteiger partial charge is 0.497 e. The summed E-state index contributed by atoms with van der Waals surface area (Å²) in [5, 5.41) is 0. The molecule has 1 aromatic carbocycles. The molecule has 1 fully saturated rings. The van der Waals surface area contributed by atoms with Crippen molar-refractivity contribution in [3.05, 3.63) is 29.3 Å². The van der Waals surface area contributed by atoms with Crippen molar-refractivity contribution in [3.8, 4) is 5.75 Å². The van der Waals surface area contributed by atoms with Gasteiger partial charge in [0.1, 0.15) is 11.5 Å². The van der Waals surface area contributed by atoms with Gasteiger partial charge in [0, 0.05) is 17.3 Å². The molecular weight excluding hydrogens is 212 g/mol. The summed E-state index contributed by atoms with van der Waals surface area (Å²) in [6.07, 6.45) is 2.05. The van der Waals surface area contributed by atoms with Crippen LogP contribution in [0.2, 0.25) is 0 Å². The van der Waals surface area contributed by atoms with Crippen LogP contribution in [0.1, 0.15) is 37.3 Å². The molecule has 90 valence electrons. The molecule has 1 saturated carbocycles. The van der Waals surface area contributed by atoms with E-state index in [9.17, 15) is 4.79 Å². The molecule has 17 heavy (non-hydrogen) atoms. The van der Waals surface area contributed by atoms with Gasteiger partial charge in [-0.2, -0.15) is 0 Å². The van der Waals surface area contributed by atoms with E-state index >= 15 is 0 Å². The first kappa shape index (κ1) is 10.8. The Bertz CT molecular complexity index is 488. The summed E-state index contributed by atoms with van der Waals surface area (Å²) in [6, 6.07) is 6.30. The van der Waals surface area contributed by atoms with Gasteiger partial charge in [0.2, 0.25) is 0 Å². The Hall–Kier alpha value is -1.31. The van der Waals surface area contributed by atoms with Gasteiger partial charge in [0.25, 0.3) is 0 Å². The van der Waals surface area contributed by atoms with Gasteiger partial charge < -0.3 is 4.74 Å². The van der Waals surface area contributed by atoms with E-state index in [1.807, 2.05) is 6.07 Å². The third kappa shape index (κ3) is 1.30. The molecule has 2 unspecified atom stereocenters. The van der Waals surface area contributed by atoms with Crippen molar-refractivity contribution < 1.29 is 9.53 Å². The molecule has 2 aliphatic rings. The van der Waals surface area contributed by atoms with E-state index in [4.69, 9.17) is 4.74 Å².